The molecule has 110 valence electrons. The molecule has 2 aromatic carbocycles. The Morgan fingerprint density at radius 3 is 2.19 bits per heavy atom. The number of rotatable bonds is 4. The van der Waals surface area contributed by atoms with Crippen LogP contribution in [0.1, 0.15) is 21.5 Å². The zero-order chi connectivity index (χ0) is 15.6. The van der Waals surface area contributed by atoms with E-state index < -0.39 is 16.9 Å². The SMILES string of the molecule is Cc1ccc(N(c2cc(C(=O)O)ccc2C)[SH](=O)=O)cc1. The van der Waals surface area contributed by atoms with Gasteiger partial charge in [0.15, 0.2) is 0 Å². The molecule has 0 amide bonds. The van der Waals surface area contributed by atoms with Crippen LogP contribution in [0.4, 0.5) is 11.4 Å². The van der Waals surface area contributed by atoms with Crippen molar-refractivity contribution in [1.29, 1.82) is 0 Å². The Labute approximate surface area is 124 Å². The molecule has 0 saturated heterocycles. The lowest BCUT2D eigenvalue weighted by molar-refractivity contribution is 0.0697. The summed E-state index contributed by atoms with van der Waals surface area (Å²) in [5.74, 6) is -1.10. The topological polar surface area (TPSA) is 74.7 Å². The number of aromatic carboxylic acids is 1. The summed E-state index contributed by atoms with van der Waals surface area (Å²) in [7, 11) is -2.93. The van der Waals surface area contributed by atoms with Crippen molar-refractivity contribution in [3.8, 4) is 0 Å². The summed E-state index contributed by atoms with van der Waals surface area (Å²) in [5.41, 5.74) is 2.55. The number of benzene rings is 2. The zero-order valence-electron chi connectivity index (χ0n) is 11.6. The third-order valence-electron chi connectivity index (χ3n) is 3.13. The van der Waals surface area contributed by atoms with Crippen molar-refractivity contribution < 1.29 is 18.3 Å². The summed E-state index contributed by atoms with van der Waals surface area (Å²) in [6.07, 6.45) is 0. The number of aryl methyl sites for hydroxylation is 2. The molecule has 0 radical (unpaired) electrons. The average molecular weight is 305 g/mol. The minimum Gasteiger partial charge on any atom is -0.478 e. The summed E-state index contributed by atoms with van der Waals surface area (Å²) in [6.45, 7) is 3.64. The molecular weight excluding hydrogens is 290 g/mol. The summed E-state index contributed by atoms with van der Waals surface area (Å²) < 4.78 is 24.4. The Balaban J connectivity index is 2.60. The maximum Gasteiger partial charge on any atom is 0.335 e. The van der Waals surface area contributed by atoms with Crippen molar-refractivity contribution in [2.75, 3.05) is 4.31 Å². The first-order valence-corrected chi connectivity index (χ1v) is 7.38. The fourth-order valence-corrected chi connectivity index (χ4v) is 2.69. The van der Waals surface area contributed by atoms with Crippen molar-refractivity contribution >= 4 is 28.2 Å². The number of hydrogen-bond acceptors (Lipinski definition) is 3. The quantitative estimate of drug-likeness (QED) is 0.852. The highest BCUT2D eigenvalue weighted by Gasteiger charge is 2.16. The van der Waals surface area contributed by atoms with E-state index in [-0.39, 0.29) is 5.56 Å². The molecule has 0 heterocycles. The van der Waals surface area contributed by atoms with Gasteiger partial charge in [0, 0.05) is 0 Å². The Morgan fingerprint density at radius 1 is 1.05 bits per heavy atom. The number of carboxylic acids is 1. The monoisotopic (exact) mass is 305 g/mol. The van der Waals surface area contributed by atoms with Crippen LogP contribution in [0.2, 0.25) is 0 Å². The van der Waals surface area contributed by atoms with Crippen molar-refractivity contribution in [3.63, 3.8) is 0 Å². The van der Waals surface area contributed by atoms with Gasteiger partial charge in [0.1, 0.15) is 0 Å². The molecule has 0 aromatic heterocycles. The van der Waals surface area contributed by atoms with Crippen LogP contribution in [0.5, 0.6) is 0 Å². The lowest BCUT2D eigenvalue weighted by atomic mass is 10.1. The third kappa shape index (κ3) is 3.22. The van der Waals surface area contributed by atoms with Gasteiger partial charge in [-0.15, -0.1) is 0 Å². The summed E-state index contributed by atoms with van der Waals surface area (Å²) >= 11 is 0. The Kier molecular flexibility index (Phi) is 4.28. The molecule has 6 heteroatoms. The van der Waals surface area contributed by atoms with Gasteiger partial charge < -0.3 is 5.11 Å². The van der Waals surface area contributed by atoms with E-state index in [1.54, 1.807) is 37.3 Å². The van der Waals surface area contributed by atoms with E-state index in [0.717, 1.165) is 9.87 Å². The molecular formula is C15H15NO4S. The summed E-state index contributed by atoms with van der Waals surface area (Å²) in [4.78, 5) is 11.1. The standard InChI is InChI=1S/C15H15NO4S/c1-10-3-7-13(8-4-10)16(21(19)20)14-9-12(15(17)18)6-5-11(14)2/h3-9,21H,1-2H3,(H,17,18). The highest BCUT2D eigenvalue weighted by atomic mass is 32.2. The summed E-state index contributed by atoms with van der Waals surface area (Å²) in [5, 5.41) is 9.06. The van der Waals surface area contributed by atoms with Crippen LogP contribution >= 0.6 is 0 Å². The van der Waals surface area contributed by atoms with Gasteiger partial charge in [0.2, 0.25) is 10.9 Å². The highest BCUT2D eigenvalue weighted by Crippen LogP contribution is 2.29. The fourth-order valence-electron chi connectivity index (χ4n) is 1.98. The molecule has 2 rings (SSSR count). The van der Waals surface area contributed by atoms with E-state index in [1.165, 1.54) is 12.1 Å². The zero-order valence-corrected chi connectivity index (χ0v) is 12.5. The van der Waals surface area contributed by atoms with E-state index in [2.05, 4.69) is 0 Å². The van der Waals surface area contributed by atoms with Crippen molar-refractivity contribution in [1.82, 2.24) is 0 Å². The molecule has 0 aliphatic carbocycles. The van der Waals surface area contributed by atoms with Gasteiger partial charge in [-0.1, -0.05) is 23.8 Å². The molecule has 2 aromatic rings. The van der Waals surface area contributed by atoms with E-state index >= 15 is 0 Å². The minimum atomic E-state index is -2.93. The maximum absolute atomic E-state index is 11.6. The Morgan fingerprint density at radius 2 is 1.67 bits per heavy atom. The van der Waals surface area contributed by atoms with Crippen LogP contribution in [0.25, 0.3) is 0 Å². The molecule has 21 heavy (non-hydrogen) atoms. The molecule has 1 N–H and O–H groups in total. The van der Waals surface area contributed by atoms with Crippen LogP contribution in [0, 0.1) is 13.8 Å². The predicted octanol–water partition coefficient (Wildman–Crippen LogP) is 2.67. The molecule has 5 nitrogen and oxygen atoms in total. The van der Waals surface area contributed by atoms with Crippen LogP contribution in [0.15, 0.2) is 42.5 Å². The first-order valence-electron chi connectivity index (χ1n) is 6.25. The van der Waals surface area contributed by atoms with Gasteiger partial charge in [-0.2, -0.15) is 0 Å². The second-order valence-electron chi connectivity index (χ2n) is 4.69. The molecule has 0 atom stereocenters. The Hall–Kier alpha value is -2.34. The van der Waals surface area contributed by atoms with Gasteiger partial charge in [0.05, 0.1) is 16.9 Å². The van der Waals surface area contributed by atoms with E-state index in [4.69, 9.17) is 5.11 Å². The normalized spacial score (nSPS) is 10.6. The molecule has 0 unspecified atom stereocenters. The molecule has 0 spiro atoms. The molecule has 0 fully saturated rings. The molecule has 0 aliphatic rings. The van der Waals surface area contributed by atoms with Gasteiger partial charge >= 0.3 is 5.97 Å². The third-order valence-corrected chi connectivity index (χ3v) is 3.90. The number of anilines is 2. The van der Waals surface area contributed by atoms with Gasteiger partial charge in [-0.05, 0) is 43.7 Å². The van der Waals surface area contributed by atoms with Gasteiger partial charge in [-0.25, -0.2) is 17.5 Å². The maximum atomic E-state index is 11.6. The lowest BCUT2D eigenvalue weighted by Gasteiger charge is -2.20. The number of thiol groups is 1. The number of carbonyl (C=O) groups is 1. The smallest absolute Gasteiger partial charge is 0.335 e. The second-order valence-corrected chi connectivity index (χ2v) is 5.57. The highest BCUT2D eigenvalue weighted by molar-refractivity contribution is 7.74. The summed E-state index contributed by atoms with van der Waals surface area (Å²) in [6, 6.07) is 11.4. The second kappa shape index (κ2) is 5.97. The van der Waals surface area contributed by atoms with Crippen molar-refractivity contribution in [2.24, 2.45) is 0 Å². The van der Waals surface area contributed by atoms with Crippen LogP contribution in [-0.4, -0.2) is 19.5 Å². The van der Waals surface area contributed by atoms with Gasteiger partial charge in [-0.3, -0.25) is 0 Å². The predicted molar refractivity (Wildman–Crippen MR) is 81.8 cm³/mol. The van der Waals surface area contributed by atoms with E-state index in [9.17, 15) is 13.2 Å². The van der Waals surface area contributed by atoms with Crippen molar-refractivity contribution in [2.45, 2.75) is 13.8 Å². The number of hydrogen-bond donors (Lipinski definition) is 2. The minimum absolute atomic E-state index is 0.0459. The van der Waals surface area contributed by atoms with Crippen LogP contribution in [-0.2, 0) is 10.9 Å². The fraction of sp³-hybridized carbons (Fsp3) is 0.133. The van der Waals surface area contributed by atoms with Crippen LogP contribution in [0.3, 0.4) is 0 Å². The number of carboxylic acid groups (broad SMARTS) is 1. The Bertz CT molecular complexity index is 743. The molecule has 0 saturated carbocycles. The van der Waals surface area contributed by atoms with Gasteiger partial charge in [0.25, 0.3) is 0 Å². The molecule has 0 bridgehead atoms. The largest absolute Gasteiger partial charge is 0.478 e. The lowest BCUT2D eigenvalue weighted by Crippen LogP contribution is -2.16. The van der Waals surface area contributed by atoms with Crippen molar-refractivity contribution in [3.05, 3.63) is 59.2 Å². The molecule has 0 aliphatic heterocycles. The first-order chi connectivity index (χ1) is 9.90. The van der Waals surface area contributed by atoms with Crippen LogP contribution < -0.4 is 4.31 Å². The first kappa shape index (κ1) is 15.1. The van der Waals surface area contributed by atoms with E-state index in [1.807, 2.05) is 6.92 Å². The van der Waals surface area contributed by atoms with E-state index in [0.29, 0.717) is 16.9 Å². The average Bonchev–Trinajstić information content (AvgIpc) is 2.42. The number of nitrogens with zero attached hydrogens (tertiary/aromatic N) is 1.